The molecule has 0 aliphatic rings. The van der Waals surface area contributed by atoms with Crippen LogP contribution >= 0.6 is 0 Å². The number of methoxy groups -OCH3 is 1. The lowest BCUT2D eigenvalue weighted by Gasteiger charge is -2.08. The second kappa shape index (κ2) is 7.30. The molecule has 0 saturated heterocycles. The standard InChI is InChI=1S/C20H16N2O2/c1-23-20-14-15(7-11-19(20)24-13-12-21)6-9-17-10-8-16-4-2-3-5-18(16)22-17/h2-11,14H,13H2,1H3. The lowest BCUT2D eigenvalue weighted by atomic mass is 10.1. The molecule has 0 fully saturated rings. The molecule has 0 unspecified atom stereocenters. The van der Waals surface area contributed by atoms with E-state index in [1.807, 2.05) is 60.7 Å². The maximum absolute atomic E-state index is 8.60. The van der Waals surface area contributed by atoms with Crippen LogP contribution in [-0.2, 0) is 0 Å². The summed E-state index contributed by atoms with van der Waals surface area (Å²) in [5, 5.41) is 9.72. The van der Waals surface area contributed by atoms with Gasteiger partial charge in [-0.25, -0.2) is 4.98 Å². The van der Waals surface area contributed by atoms with Gasteiger partial charge in [-0.2, -0.15) is 5.26 Å². The summed E-state index contributed by atoms with van der Waals surface area (Å²) in [7, 11) is 1.58. The first-order valence-corrected chi connectivity index (χ1v) is 7.52. The van der Waals surface area contributed by atoms with Gasteiger partial charge in [0.2, 0.25) is 0 Å². The molecule has 0 N–H and O–H groups in total. The van der Waals surface area contributed by atoms with Crippen molar-refractivity contribution in [2.24, 2.45) is 0 Å². The molecule has 2 aromatic carbocycles. The Hall–Kier alpha value is -3.32. The quantitative estimate of drug-likeness (QED) is 0.703. The normalized spacial score (nSPS) is 10.7. The summed E-state index contributed by atoms with van der Waals surface area (Å²) >= 11 is 0. The van der Waals surface area contributed by atoms with Crippen LogP contribution in [0.3, 0.4) is 0 Å². The second-order valence-electron chi connectivity index (χ2n) is 5.12. The molecule has 0 bridgehead atoms. The van der Waals surface area contributed by atoms with Crippen LogP contribution in [0, 0.1) is 11.3 Å². The van der Waals surface area contributed by atoms with E-state index in [0.29, 0.717) is 11.5 Å². The molecule has 4 heteroatoms. The number of benzene rings is 2. The number of nitriles is 1. The van der Waals surface area contributed by atoms with Crippen LogP contribution in [0.15, 0.2) is 54.6 Å². The number of rotatable bonds is 5. The third-order valence-corrected chi connectivity index (χ3v) is 3.55. The van der Waals surface area contributed by atoms with Gasteiger partial charge in [0.15, 0.2) is 18.1 Å². The van der Waals surface area contributed by atoms with E-state index in [4.69, 9.17) is 14.7 Å². The fraction of sp³-hybridized carbons (Fsp3) is 0.100. The zero-order chi connectivity index (χ0) is 16.8. The molecule has 0 amide bonds. The lowest BCUT2D eigenvalue weighted by Crippen LogP contribution is -1.96. The van der Waals surface area contributed by atoms with Gasteiger partial charge in [-0.1, -0.05) is 36.4 Å². The first-order valence-electron chi connectivity index (χ1n) is 7.52. The van der Waals surface area contributed by atoms with Crippen LogP contribution in [0.4, 0.5) is 0 Å². The lowest BCUT2D eigenvalue weighted by molar-refractivity contribution is 0.329. The van der Waals surface area contributed by atoms with Crippen molar-refractivity contribution in [3.05, 3.63) is 65.9 Å². The van der Waals surface area contributed by atoms with E-state index < -0.39 is 0 Å². The molecule has 0 atom stereocenters. The van der Waals surface area contributed by atoms with Gasteiger partial charge in [0.25, 0.3) is 0 Å². The average Bonchev–Trinajstić information content (AvgIpc) is 2.64. The SMILES string of the molecule is COc1cc(C=Cc2ccc3ccccc3n2)ccc1OCC#N. The summed E-state index contributed by atoms with van der Waals surface area (Å²) in [5.41, 5.74) is 2.82. The number of hydrogen-bond donors (Lipinski definition) is 0. The molecule has 1 heterocycles. The van der Waals surface area contributed by atoms with Crippen LogP contribution < -0.4 is 9.47 Å². The minimum atomic E-state index is -0.00739. The Kier molecular flexibility index (Phi) is 4.73. The van der Waals surface area contributed by atoms with Crippen molar-refractivity contribution in [2.75, 3.05) is 13.7 Å². The van der Waals surface area contributed by atoms with Gasteiger partial charge in [-0.15, -0.1) is 0 Å². The zero-order valence-corrected chi connectivity index (χ0v) is 13.3. The van der Waals surface area contributed by atoms with Gasteiger partial charge >= 0.3 is 0 Å². The van der Waals surface area contributed by atoms with E-state index in [9.17, 15) is 0 Å². The molecule has 0 spiro atoms. The van der Waals surface area contributed by atoms with Crippen LogP contribution in [0.2, 0.25) is 0 Å². The maximum Gasteiger partial charge on any atom is 0.174 e. The van der Waals surface area contributed by atoms with Crippen molar-refractivity contribution in [1.82, 2.24) is 4.98 Å². The number of para-hydroxylation sites is 1. The molecule has 3 aromatic rings. The molecular formula is C20H16N2O2. The van der Waals surface area contributed by atoms with E-state index in [1.54, 1.807) is 13.2 Å². The van der Waals surface area contributed by atoms with Crippen molar-refractivity contribution in [1.29, 1.82) is 5.26 Å². The Balaban J connectivity index is 1.83. The van der Waals surface area contributed by atoms with Crippen molar-refractivity contribution in [3.63, 3.8) is 0 Å². The van der Waals surface area contributed by atoms with Crippen molar-refractivity contribution in [3.8, 4) is 17.6 Å². The van der Waals surface area contributed by atoms with E-state index in [1.165, 1.54) is 0 Å². The minimum Gasteiger partial charge on any atom is -0.493 e. The minimum absolute atomic E-state index is 0.00739. The van der Waals surface area contributed by atoms with Crippen LogP contribution in [0.25, 0.3) is 23.1 Å². The highest BCUT2D eigenvalue weighted by molar-refractivity contribution is 5.80. The number of nitrogens with zero attached hydrogens (tertiary/aromatic N) is 2. The van der Waals surface area contributed by atoms with Gasteiger partial charge in [0, 0.05) is 5.39 Å². The number of pyridine rings is 1. The van der Waals surface area contributed by atoms with Crippen LogP contribution in [0.1, 0.15) is 11.3 Å². The Morgan fingerprint density at radius 1 is 1.04 bits per heavy atom. The van der Waals surface area contributed by atoms with Crippen LogP contribution in [-0.4, -0.2) is 18.7 Å². The fourth-order valence-corrected chi connectivity index (χ4v) is 2.37. The van der Waals surface area contributed by atoms with Gasteiger partial charge in [-0.3, -0.25) is 0 Å². The molecular weight excluding hydrogens is 300 g/mol. The fourth-order valence-electron chi connectivity index (χ4n) is 2.37. The van der Waals surface area contributed by atoms with Crippen molar-refractivity contribution >= 4 is 23.1 Å². The number of ether oxygens (including phenoxy) is 2. The van der Waals surface area contributed by atoms with Gasteiger partial charge in [0.05, 0.1) is 18.3 Å². The van der Waals surface area contributed by atoms with Crippen molar-refractivity contribution in [2.45, 2.75) is 0 Å². The largest absolute Gasteiger partial charge is 0.493 e. The zero-order valence-electron chi connectivity index (χ0n) is 13.3. The Morgan fingerprint density at radius 2 is 1.92 bits per heavy atom. The first-order chi connectivity index (χ1) is 11.8. The molecule has 0 aliphatic heterocycles. The smallest absolute Gasteiger partial charge is 0.174 e. The molecule has 3 rings (SSSR count). The Labute approximate surface area is 140 Å². The van der Waals surface area contributed by atoms with E-state index >= 15 is 0 Å². The summed E-state index contributed by atoms with van der Waals surface area (Å²) in [6.45, 7) is -0.00739. The molecule has 24 heavy (non-hydrogen) atoms. The number of fused-ring (bicyclic) bond motifs is 1. The third-order valence-electron chi connectivity index (χ3n) is 3.55. The summed E-state index contributed by atoms with van der Waals surface area (Å²) in [6.07, 6.45) is 3.92. The average molecular weight is 316 g/mol. The van der Waals surface area contributed by atoms with E-state index in [-0.39, 0.29) is 6.61 Å². The molecule has 0 saturated carbocycles. The maximum atomic E-state index is 8.60. The highest BCUT2D eigenvalue weighted by Crippen LogP contribution is 2.28. The van der Waals surface area contributed by atoms with Gasteiger partial charge in [0.1, 0.15) is 6.07 Å². The van der Waals surface area contributed by atoms with Crippen LogP contribution in [0.5, 0.6) is 11.5 Å². The topological polar surface area (TPSA) is 55.1 Å². The summed E-state index contributed by atoms with van der Waals surface area (Å²) in [6, 6.07) is 19.6. The number of hydrogen-bond acceptors (Lipinski definition) is 4. The monoisotopic (exact) mass is 316 g/mol. The summed E-state index contributed by atoms with van der Waals surface area (Å²) in [4.78, 5) is 4.61. The van der Waals surface area contributed by atoms with E-state index in [2.05, 4.69) is 11.1 Å². The summed E-state index contributed by atoms with van der Waals surface area (Å²) in [5.74, 6) is 1.15. The predicted octanol–water partition coefficient (Wildman–Crippen LogP) is 4.32. The van der Waals surface area contributed by atoms with Gasteiger partial charge < -0.3 is 9.47 Å². The molecule has 0 radical (unpaired) electrons. The third kappa shape index (κ3) is 3.53. The molecule has 118 valence electrons. The van der Waals surface area contributed by atoms with E-state index in [0.717, 1.165) is 22.2 Å². The molecule has 0 aliphatic carbocycles. The molecule has 4 nitrogen and oxygen atoms in total. The molecule has 1 aromatic heterocycles. The Bertz CT molecular complexity index is 926. The number of aromatic nitrogens is 1. The summed E-state index contributed by atoms with van der Waals surface area (Å²) < 4.78 is 10.6. The highest BCUT2D eigenvalue weighted by atomic mass is 16.5. The first kappa shape index (κ1) is 15.6. The second-order valence-corrected chi connectivity index (χ2v) is 5.12. The Morgan fingerprint density at radius 3 is 2.75 bits per heavy atom. The predicted molar refractivity (Wildman–Crippen MR) is 94.8 cm³/mol. The highest BCUT2D eigenvalue weighted by Gasteiger charge is 2.04. The van der Waals surface area contributed by atoms with Crippen molar-refractivity contribution < 1.29 is 9.47 Å². The van der Waals surface area contributed by atoms with Gasteiger partial charge in [-0.05, 0) is 35.9 Å².